The summed E-state index contributed by atoms with van der Waals surface area (Å²) in [6, 6.07) is 27.2. The van der Waals surface area contributed by atoms with Gasteiger partial charge in [-0.25, -0.2) is 0 Å². The summed E-state index contributed by atoms with van der Waals surface area (Å²) in [5, 5.41) is 0. The summed E-state index contributed by atoms with van der Waals surface area (Å²) in [4.78, 5) is 18.3. The summed E-state index contributed by atoms with van der Waals surface area (Å²) in [7, 11) is 1.69. The lowest BCUT2D eigenvalue weighted by molar-refractivity contribution is -0.155. The number of rotatable bonds is 11. The van der Waals surface area contributed by atoms with Crippen LogP contribution in [0.3, 0.4) is 0 Å². The van der Waals surface area contributed by atoms with E-state index in [0.717, 1.165) is 63.3 Å². The van der Waals surface area contributed by atoms with Gasteiger partial charge in [-0.15, -0.1) is 0 Å². The minimum absolute atomic E-state index is 0.0947. The number of hydrogen-bond acceptors (Lipinski definition) is 5. The van der Waals surface area contributed by atoms with E-state index in [-0.39, 0.29) is 12.1 Å². The first kappa shape index (κ1) is 27.7. The van der Waals surface area contributed by atoms with Crippen molar-refractivity contribution in [1.29, 1.82) is 0 Å². The number of carbonyl (C=O) groups is 1. The van der Waals surface area contributed by atoms with Crippen LogP contribution in [0.4, 0.5) is 5.69 Å². The van der Waals surface area contributed by atoms with Crippen LogP contribution in [-0.2, 0) is 14.9 Å². The predicted octanol–water partition coefficient (Wildman–Crippen LogP) is 6.56. The normalized spacial score (nSPS) is 15.8. The largest absolute Gasteiger partial charge is 0.497 e. The van der Waals surface area contributed by atoms with Crippen LogP contribution in [0.25, 0.3) is 11.1 Å². The Morgan fingerprint density at radius 2 is 1.61 bits per heavy atom. The van der Waals surface area contributed by atoms with Gasteiger partial charge in [0.25, 0.3) is 0 Å². The Hall–Kier alpha value is -3.31. The molecule has 5 nitrogen and oxygen atoms in total. The molecule has 3 aromatic rings. The highest BCUT2D eigenvalue weighted by atomic mass is 16.5. The Morgan fingerprint density at radius 3 is 2.24 bits per heavy atom. The predicted molar refractivity (Wildman–Crippen MR) is 156 cm³/mol. The van der Waals surface area contributed by atoms with Crippen molar-refractivity contribution in [2.45, 2.75) is 51.6 Å². The summed E-state index contributed by atoms with van der Waals surface area (Å²) >= 11 is 0. The SMILES string of the molecule is CCC(CCCN1CCN(c2cccc(-c3ccc(OC)cc3)c2)CC1)(C(=O)OC(C)C)c1ccccc1. The molecule has 0 N–H and O–H groups in total. The van der Waals surface area contributed by atoms with Crippen LogP contribution in [0.2, 0.25) is 0 Å². The first-order valence-electron chi connectivity index (χ1n) is 13.9. The maximum Gasteiger partial charge on any atom is 0.316 e. The smallest absolute Gasteiger partial charge is 0.316 e. The van der Waals surface area contributed by atoms with E-state index in [9.17, 15) is 4.79 Å². The molecule has 1 aliphatic rings. The molecular formula is C33H42N2O3. The van der Waals surface area contributed by atoms with Crippen LogP contribution in [0.15, 0.2) is 78.9 Å². The summed E-state index contributed by atoms with van der Waals surface area (Å²) in [5.74, 6) is 0.778. The molecule has 202 valence electrons. The third-order valence-electron chi connectivity index (χ3n) is 7.75. The van der Waals surface area contributed by atoms with Crippen LogP contribution in [0, 0.1) is 0 Å². The van der Waals surface area contributed by atoms with Gasteiger partial charge in [-0.05, 0) is 80.6 Å². The zero-order valence-corrected chi connectivity index (χ0v) is 23.4. The molecule has 1 heterocycles. The van der Waals surface area contributed by atoms with Gasteiger partial charge in [-0.3, -0.25) is 9.69 Å². The topological polar surface area (TPSA) is 42.0 Å². The fourth-order valence-corrected chi connectivity index (χ4v) is 5.47. The average molecular weight is 515 g/mol. The third kappa shape index (κ3) is 6.57. The molecule has 0 bridgehead atoms. The molecule has 0 radical (unpaired) electrons. The first-order chi connectivity index (χ1) is 18.4. The lowest BCUT2D eigenvalue weighted by Crippen LogP contribution is -2.47. The van der Waals surface area contributed by atoms with Crippen molar-refractivity contribution in [2.75, 3.05) is 44.7 Å². The van der Waals surface area contributed by atoms with Gasteiger partial charge in [0.15, 0.2) is 0 Å². The van der Waals surface area contributed by atoms with Crippen molar-refractivity contribution in [3.8, 4) is 16.9 Å². The number of anilines is 1. The van der Waals surface area contributed by atoms with E-state index in [1.807, 2.05) is 44.2 Å². The van der Waals surface area contributed by atoms with Gasteiger partial charge < -0.3 is 14.4 Å². The maximum atomic E-state index is 13.3. The lowest BCUT2D eigenvalue weighted by atomic mass is 9.74. The second-order valence-corrected chi connectivity index (χ2v) is 10.5. The van der Waals surface area contributed by atoms with Gasteiger partial charge >= 0.3 is 5.97 Å². The average Bonchev–Trinajstić information content (AvgIpc) is 2.96. The molecule has 1 saturated heterocycles. The van der Waals surface area contributed by atoms with Crippen molar-refractivity contribution in [2.24, 2.45) is 0 Å². The molecule has 1 aliphatic heterocycles. The number of ether oxygens (including phenoxy) is 2. The van der Waals surface area contributed by atoms with Gasteiger partial charge in [-0.2, -0.15) is 0 Å². The molecule has 1 fully saturated rings. The van der Waals surface area contributed by atoms with Crippen molar-refractivity contribution >= 4 is 11.7 Å². The van der Waals surface area contributed by atoms with Crippen LogP contribution in [-0.4, -0.2) is 56.8 Å². The molecule has 5 heteroatoms. The molecule has 1 atom stereocenters. The number of nitrogens with zero attached hydrogens (tertiary/aromatic N) is 2. The highest BCUT2D eigenvalue weighted by molar-refractivity contribution is 5.83. The summed E-state index contributed by atoms with van der Waals surface area (Å²) in [6.07, 6.45) is 2.38. The van der Waals surface area contributed by atoms with E-state index in [1.54, 1.807) is 7.11 Å². The van der Waals surface area contributed by atoms with Crippen LogP contribution < -0.4 is 9.64 Å². The molecule has 1 unspecified atom stereocenters. The lowest BCUT2D eigenvalue weighted by Gasteiger charge is -2.37. The Labute approximate surface area is 228 Å². The monoisotopic (exact) mass is 514 g/mol. The number of esters is 1. The summed E-state index contributed by atoms with van der Waals surface area (Å²) in [5.41, 5.74) is 4.16. The minimum atomic E-state index is -0.588. The van der Waals surface area contributed by atoms with Gasteiger partial charge in [0.2, 0.25) is 0 Å². The second kappa shape index (κ2) is 13.0. The zero-order chi connectivity index (χ0) is 27.0. The van der Waals surface area contributed by atoms with Crippen molar-refractivity contribution in [1.82, 2.24) is 4.90 Å². The van der Waals surface area contributed by atoms with Crippen molar-refractivity contribution in [3.63, 3.8) is 0 Å². The first-order valence-corrected chi connectivity index (χ1v) is 13.9. The Kier molecular flexibility index (Phi) is 9.46. The second-order valence-electron chi connectivity index (χ2n) is 10.5. The van der Waals surface area contributed by atoms with E-state index in [4.69, 9.17) is 9.47 Å². The third-order valence-corrected chi connectivity index (χ3v) is 7.75. The quantitative estimate of drug-likeness (QED) is 0.271. The molecule has 0 aromatic heterocycles. The number of hydrogen-bond donors (Lipinski definition) is 0. The van der Waals surface area contributed by atoms with Gasteiger partial charge in [-0.1, -0.05) is 61.5 Å². The van der Waals surface area contributed by atoms with Crippen molar-refractivity contribution < 1.29 is 14.3 Å². The molecule has 0 aliphatic carbocycles. The van der Waals surface area contributed by atoms with Crippen LogP contribution in [0.5, 0.6) is 5.75 Å². The highest BCUT2D eigenvalue weighted by Crippen LogP contribution is 2.35. The van der Waals surface area contributed by atoms with E-state index >= 15 is 0 Å². The molecular weight excluding hydrogens is 472 g/mol. The van der Waals surface area contributed by atoms with Crippen LogP contribution >= 0.6 is 0 Å². The van der Waals surface area contributed by atoms with Gasteiger partial charge in [0.1, 0.15) is 5.75 Å². The molecule has 3 aromatic carbocycles. The Morgan fingerprint density at radius 1 is 0.895 bits per heavy atom. The minimum Gasteiger partial charge on any atom is -0.497 e. The molecule has 38 heavy (non-hydrogen) atoms. The van der Waals surface area contributed by atoms with E-state index in [1.165, 1.54) is 16.8 Å². The number of carbonyl (C=O) groups excluding carboxylic acids is 1. The van der Waals surface area contributed by atoms with E-state index in [0.29, 0.717) is 0 Å². The van der Waals surface area contributed by atoms with E-state index in [2.05, 4.69) is 65.3 Å². The highest BCUT2D eigenvalue weighted by Gasteiger charge is 2.40. The standard InChI is InChI=1S/C33H42N2O3/c1-5-33(32(36)38-26(2)3,29-12-7-6-8-13-29)19-10-20-34-21-23-35(24-22-34)30-14-9-11-28(25-30)27-15-17-31(37-4)18-16-27/h6-9,11-18,25-26H,5,10,19-24H2,1-4H3. The van der Waals surface area contributed by atoms with E-state index < -0.39 is 5.41 Å². The molecule has 0 amide bonds. The van der Waals surface area contributed by atoms with Gasteiger partial charge in [0, 0.05) is 31.9 Å². The summed E-state index contributed by atoms with van der Waals surface area (Å²) < 4.78 is 11.1. The number of methoxy groups -OCH3 is 1. The number of piperazine rings is 1. The number of benzene rings is 3. The maximum absolute atomic E-state index is 13.3. The Bertz CT molecular complexity index is 1150. The van der Waals surface area contributed by atoms with Crippen LogP contribution in [0.1, 0.15) is 45.6 Å². The fourth-order valence-electron chi connectivity index (χ4n) is 5.47. The Balaban J connectivity index is 1.34. The fraction of sp³-hybridized carbons (Fsp3) is 0.424. The molecule has 0 spiro atoms. The van der Waals surface area contributed by atoms with Crippen molar-refractivity contribution in [3.05, 3.63) is 84.4 Å². The molecule has 4 rings (SSSR count). The van der Waals surface area contributed by atoms with Gasteiger partial charge in [0.05, 0.1) is 18.6 Å². The molecule has 0 saturated carbocycles. The summed E-state index contributed by atoms with van der Waals surface area (Å²) in [6.45, 7) is 11.0. The zero-order valence-electron chi connectivity index (χ0n) is 23.4.